The molecule has 1 atom stereocenters. The van der Waals surface area contributed by atoms with Gasteiger partial charge in [0, 0.05) is 6.54 Å². The summed E-state index contributed by atoms with van der Waals surface area (Å²) in [5, 5.41) is 5.55. The number of hydrogen-bond donors (Lipinski definition) is 3. The molecule has 0 aromatic heterocycles. The van der Waals surface area contributed by atoms with Crippen molar-refractivity contribution in [3.8, 4) is 0 Å². The van der Waals surface area contributed by atoms with Crippen LogP contribution in [0.1, 0.15) is 52.9 Å². The normalized spacial score (nSPS) is 19.8. The van der Waals surface area contributed by atoms with Crippen LogP contribution in [-0.4, -0.2) is 29.9 Å². The minimum Gasteiger partial charge on any atom is -0.354 e. The summed E-state index contributed by atoms with van der Waals surface area (Å²) in [6.07, 6.45) is 4.52. The first kappa shape index (κ1) is 16.0. The molecule has 1 saturated carbocycles. The van der Waals surface area contributed by atoms with E-state index in [4.69, 9.17) is 5.73 Å². The number of hydrogen-bond acceptors (Lipinski definition) is 3. The highest BCUT2D eigenvalue weighted by molar-refractivity contribution is 5.91. The van der Waals surface area contributed by atoms with Crippen LogP contribution in [0, 0.1) is 5.92 Å². The number of carbonyl (C=O) groups is 2. The first-order chi connectivity index (χ1) is 8.85. The van der Waals surface area contributed by atoms with Crippen LogP contribution < -0.4 is 16.4 Å². The highest BCUT2D eigenvalue weighted by Gasteiger charge is 2.36. The fourth-order valence-corrected chi connectivity index (χ4v) is 2.27. The van der Waals surface area contributed by atoms with E-state index in [9.17, 15) is 9.59 Å². The average molecular weight is 269 g/mol. The van der Waals surface area contributed by atoms with Crippen molar-refractivity contribution in [2.24, 2.45) is 11.7 Å². The minimum atomic E-state index is -0.787. The Morgan fingerprint density at radius 1 is 1.16 bits per heavy atom. The maximum Gasteiger partial charge on any atom is 0.242 e. The molecule has 1 fully saturated rings. The van der Waals surface area contributed by atoms with Crippen LogP contribution in [-0.2, 0) is 9.59 Å². The highest BCUT2D eigenvalue weighted by Crippen LogP contribution is 2.26. The summed E-state index contributed by atoms with van der Waals surface area (Å²) in [6.45, 7) is 6.37. The van der Waals surface area contributed by atoms with Gasteiger partial charge in [-0.1, -0.05) is 33.1 Å². The third-order valence-corrected chi connectivity index (χ3v) is 3.62. The molecule has 1 aliphatic carbocycles. The zero-order valence-corrected chi connectivity index (χ0v) is 12.3. The van der Waals surface area contributed by atoms with Crippen LogP contribution >= 0.6 is 0 Å². The predicted octanol–water partition coefficient (Wildman–Crippen LogP) is 0.925. The van der Waals surface area contributed by atoms with Gasteiger partial charge in [0.1, 0.15) is 6.04 Å². The van der Waals surface area contributed by atoms with Crippen molar-refractivity contribution >= 4 is 11.8 Å². The summed E-state index contributed by atoms with van der Waals surface area (Å²) in [4.78, 5) is 24.0. The lowest BCUT2D eigenvalue weighted by molar-refractivity contribution is -0.132. The summed E-state index contributed by atoms with van der Waals surface area (Å²) in [5.41, 5.74) is 5.34. The molecule has 1 aliphatic rings. The number of rotatable bonds is 5. The molecule has 0 spiro atoms. The van der Waals surface area contributed by atoms with E-state index in [-0.39, 0.29) is 11.8 Å². The van der Waals surface area contributed by atoms with Crippen molar-refractivity contribution < 1.29 is 9.59 Å². The molecule has 4 N–H and O–H groups in total. The average Bonchev–Trinajstić information content (AvgIpc) is 2.36. The van der Waals surface area contributed by atoms with Gasteiger partial charge in [-0.15, -0.1) is 0 Å². The number of carbonyl (C=O) groups excluding carboxylic acids is 2. The second-order valence-corrected chi connectivity index (χ2v) is 6.05. The zero-order chi connectivity index (χ0) is 14.5. The summed E-state index contributed by atoms with van der Waals surface area (Å²) in [5.74, 6) is 0.0481. The van der Waals surface area contributed by atoms with Gasteiger partial charge >= 0.3 is 0 Å². The molecule has 0 saturated heterocycles. The van der Waals surface area contributed by atoms with Crippen molar-refractivity contribution in [2.45, 2.75) is 64.5 Å². The zero-order valence-electron chi connectivity index (χ0n) is 12.3. The van der Waals surface area contributed by atoms with Crippen LogP contribution in [0.2, 0.25) is 0 Å². The Bertz CT molecular complexity index is 323. The van der Waals surface area contributed by atoms with Crippen LogP contribution in [0.15, 0.2) is 0 Å². The van der Waals surface area contributed by atoms with E-state index in [2.05, 4.69) is 10.6 Å². The van der Waals surface area contributed by atoms with Crippen LogP contribution in [0.5, 0.6) is 0 Å². The summed E-state index contributed by atoms with van der Waals surface area (Å²) < 4.78 is 0. The van der Waals surface area contributed by atoms with E-state index in [1.54, 1.807) is 6.92 Å². The van der Waals surface area contributed by atoms with Gasteiger partial charge in [0.15, 0.2) is 0 Å². The van der Waals surface area contributed by atoms with E-state index >= 15 is 0 Å². The molecule has 2 amide bonds. The molecule has 5 heteroatoms. The van der Waals surface area contributed by atoms with Gasteiger partial charge in [-0.2, -0.15) is 0 Å². The lowest BCUT2D eigenvalue weighted by Crippen LogP contribution is -2.58. The van der Waals surface area contributed by atoms with E-state index in [0.29, 0.717) is 25.3 Å². The summed E-state index contributed by atoms with van der Waals surface area (Å²) >= 11 is 0. The molecule has 0 aromatic rings. The molecular weight excluding hydrogens is 242 g/mol. The minimum absolute atomic E-state index is 0.151. The second kappa shape index (κ2) is 6.89. The Morgan fingerprint density at radius 2 is 1.74 bits per heavy atom. The van der Waals surface area contributed by atoms with Crippen molar-refractivity contribution in [1.29, 1.82) is 0 Å². The molecule has 0 bridgehead atoms. The summed E-state index contributed by atoms with van der Waals surface area (Å²) in [7, 11) is 0. The maximum absolute atomic E-state index is 12.2. The molecule has 0 heterocycles. The molecule has 0 aromatic carbocycles. The predicted molar refractivity (Wildman–Crippen MR) is 75.5 cm³/mol. The van der Waals surface area contributed by atoms with E-state index in [1.807, 2.05) is 13.8 Å². The number of amides is 2. The molecule has 110 valence electrons. The van der Waals surface area contributed by atoms with Crippen molar-refractivity contribution in [1.82, 2.24) is 10.6 Å². The Balaban J connectivity index is 2.44. The van der Waals surface area contributed by atoms with Gasteiger partial charge in [-0.3, -0.25) is 9.59 Å². The molecule has 0 radical (unpaired) electrons. The first-order valence-electron chi connectivity index (χ1n) is 7.23. The molecular formula is C14H27N3O2. The summed E-state index contributed by atoms with van der Waals surface area (Å²) in [6, 6.07) is -0.534. The Hall–Kier alpha value is -1.10. The standard InChI is InChI=1S/C14H27N3O2/c1-10(2)9-16-12(18)11(3)17-13(19)14(15)7-5-4-6-8-14/h10-11H,4-9,15H2,1-3H3,(H,16,18)(H,17,19). The Labute approximate surface area is 115 Å². The quantitative estimate of drug-likeness (QED) is 0.694. The number of nitrogens with two attached hydrogens (primary N) is 1. The fourth-order valence-electron chi connectivity index (χ4n) is 2.27. The van der Waals surface area contributed by atoms with E-state index in [0.717, 1.165) is 19.3 Å². The maximum atomic E-state index is 12.2. The van der Waals surface area contributed by atoms with Crippen molar-refractivity contribution in [3.63, 3.8) is 0 Å². The molecule has 1 rings (SSSR count). The smallest absolute Gasteiger partial charge is 0.242 e. The lowest BCUT2D eigenvalue weighted by atomic mass is 9.82. The highest BCUT2D eigenvalue weighted by atomic mass is 16.2. The van der Waals surface area contributed by atoms with Gasteiger partial charge < -0.3 is 16.4 Å². The topological polar surface area (TPSA) is 84.2 Å². The third kappa shape index (κ3) is 4.82. The molecule has 19 heavy (non-hydrogen) atoms. The molecule has 5 nitrogen and oxygen atoms in total. The first-order valence-corrected chi connectivity index (χ1v) is 7.23. The van der Waals surface area contributed by atoms with Crippen LogP contribution in [0.4, 0.5) is 0 Å². The van der Waals surface area contributed by atoms with E-state index < -0.39 is 11.6 Å². The van der Waals surface area contributed by atoms with Crippen molar-refractivity contribution in [3.05, 3.63) is 0 Å². The van der Waals surface area contributed by atoms with Crippen LogP contribution in [0.25, 0.3) is 0 Å². The van der Waals surface area contributed by atoms with E-state index in [1.165, 1.54) is 0 Å². The lowest BCUT2D eigenvalue weighted by Gasteiger charge is -2.32. The van der Waals surface area contributed by atoms with Crippen LogP contribution in [0.3, 0.4) is 0 Å². The van der Waals surface area contributed by atoms with Gasteiger partial charge in [0.05, 0.1) is 5.54 Å². The fraction of sp³-hybridized carbons (Fsp3) is 0.857. The second-order valence-electron chi connectivity index (χ2n) is 6.05. The van der Waals surface area contributed by atoms with Gasteiger partial charge in [-0.05, 0) is 25.7 Å². The van der Waals surface area contributed by atoms with Gasteiger partial charge in [0.2, 0.25) is 11.8 Å². The largest absolute Gasteiger partial charge is 0.354 e. The Morgan fingerprint density at radius 3 is 2.26 bits per heavy atom. The number of nitrogens with one attached hydrogen (secondary N) is 2. The monoisotopic (exact) mass is 269 g/mol. The Kier molecular flexibility index (Phi) is 5.79. The van der Waals surface area contributed by atoms with Gasteiger partial charge in [0.25, 0.3) is 0 Å². The van der Waals surface area contributed by atoms with Crippen molar-refractivity contribution in [2.75, 3.05) is 6.54 Å². The third-order valence-electron chi connectivity index (χ3n) is 3.62. The molecule has 0 aliphatic heterocycles. The van der Waals surface area contributed by atoms with Gasteiger partial charge in [-0.25, -0.2) is 0 Å². The molecule has 1 unspecified atom stereocenters. The SMILES string of the molecule is CC(C)CNC(=O)C(C)NC(=O)C1(N)CCCCC1.